The Bertz CT molecular complexity index is 771. The molecule has 0 amide bonds. The standard InChI is InChI=1S/C10H12N6O5/c1-20-13-7-4-8-15(14-12-4)2-3-5(17)6(18)9(21-3)16(8)10(19)11-7/h3,5-6,9,17-18H,2H2,1H3,(H,11,13,19)/t3-,5+,6?,9-/m1/s1. The SMILES string of the molecule is CONc1nc(=O)n2c3c1nnn3C[C@H]1O[C@@H]2C(O)[C@H]1O. The molecule has 2 aliphatic rings. The number of nitrogens with zero attached hydrogens (tertiary/aromatic N) is 5. The minimum absolute atomic E-state index is 0.132. The summed E-state index contributed by atoms with van der Waals surface area (Å²) in [6, 6.07) is 0. The zero-order chi connectivity index (χ0) is 14.7. The number of rotatable bonds is 2. The average molecular weight is 296 g/mol. The maximum atomic E-state index is 12.3. The van der Waals surface area contributed by atoms with Gasteiger partial charge in [0.2, 0.25) is 0 Å². The van der Waals surface area contributed by atoms with Crippen molar-refractivity contribution in [3.8, 4) is 0 Å². The fourth-order valence-corrected chi connectivity index (χ4v) is 2.78. The molecule has 4 atom stereocenters. The van der Waals surface area contributed by atoms with Gasteiger partial charge in [-0.05, 0) is 0 Å². The zero-order valence-electron chi connectivity index (χ0n) is 10.9. The Morgan fingerprint density at radius 3 is 3.00 bits per heavy atom. The highest BCUT2D eigenvalue weighted by molar-refractivity contribution is 5.82. The van der Waals surface area contributed by atoms with Gasteiger partial charge in [-0.2, -0.15) is 4.98 Å². The summed E-state index contributed by atoms with van der Waals surface area (Å²) in [6.45, 7) is 0.168. The van der Waals surface area contributed by atoms with Crippen molar-refractivity contribution < 1.29 is 19.8 Å². The van der Waals surface area contributed by atoms with Crippen LogP contribution < -0.4 is 11.2 Å². The van der Waals surface area contributed by atoms with Crippen LogP contribution in [-0.4, -0.2) is 60.2 Å². The number of aliphatic hydroxyl groups is 2. The molecule has 4 heterocycles. The third kappa shape index (κ3) is 1.56. The molecule has 1 fully saturated rings. The Morgan fingerprint density at radius 1 is 1.43 bits per heavy atom. The molecule has 2 bridgehead atoms. The first-order chi connectivity index (χ1) is 10.1. The number of ether oxygens (including phenoxy) is 1. The Morgan fingerprint density at radius 2 is 2.24 bits per heavy atom. The normalized spacial score (nSPS) is 30.6. The van der Waals surface area contributed by atoms with E-state index in [1.165, 1.54) is 11.8 Å². The van der Waals surface area contributed by atoms with E-state index in [0.717, 1.165) is 4.57 Å². The first-order valence-corrected chi connectivity index (χ1v) is 6.28. The van der Waals surface area contributed by atoms with Gasteiger partial charge in [-0.25, -0.2) is 19.5 Å². The second-order valence-corrected chi connectivity index (χ2v) is 4.91. The van der Waals surface area contributed by atoms with Crippen molar-refractivity contribution in [2.75, 3.05) is 12.6 Å². The molecule has 0 radical (unpaired) electrons. The molecule has 4 rings (SSSR count). The van der Waals surface area contributed by atoms with Gasteiger partial charge in [0.05, 0.1) is 13.7 Å². The van der Waals surface area contributed by atoms with E-state index >= 15 is 0 Å². The van der Waals surface area contributed by atoms with Gasteiger partial charge in [0.15, 0.2) is 23.2 Å². The predicted molar refractivity (Wildman–Crippen MR) is 66.1 cm³/mol. The Labute approximate surface area is 116 Å². The molecule has 2 aliphatic heterocycles. The highest BCUT2D eigenvalue weighted by atomic mass is 16.6. The van der Waals surface area contributed by atoms with Gasteiger partial charge >= 0.3 is 5.69 Å². The second kappa shape index (κ2) is 4.21. The van der Waals surface area contributed by atoms with Crippen LogP contribution in [0.15, 0.2) is 4.79 Å². The summed E-state index contributed by atoms with van der Waals surface area (Å²) < 4.78 is 8.13. The first kappa shape index (κ1) is 12.6. The van der Waals surface area contributed by atoms with Gasteiger partial charge in [0, 0.05) is 0 Å². The van der Waals surface area contributed by atoms with Crippen LogP contribution in [0.2, 0.25) is 0 Å². The third-order valence-electron chi connectivity index (χ3n) is 3.72. The van der Waals surface area contributed by atoms with E-state index in [0.29, 0.717) is 11.2 Å². The van der Waals surface area contributed by atoms with E-state index < -0.39 is 30.2 Å². The molecule has 0 saturated carbocycles. The van der Waals surface area contributed by atoms with Crippen molar-refractivity contribution in [1.29, 1.82) is 0 Å². The van der Waals surface area contributed by atoms with Crippen LogP contribution in [0.25, 0.3) is 11.2 Å². The van der Waals surface area contributed by atoms with E-state index in [9.17, 15) is 15.0 Å². The van der Waals surface area contributed by atoms with Crippen molar-refractivity contribution in [1.82, 2.24) is 24.5 Å². The van der Waals surface area contributed by atoms with Gasteiger partial charge in [-0.1, -0.05) is 5.21 Å². The molecular weight excluding hydrogens is 284 g/mol. The molecule has 3 N–H and O–H groups in total. The van der Waals surface area contributed by atoms with E-state index in [1.807, 2.05) is 0 Å². The fourth-order valence-electron chi connectivity index (χ4n) is 2.78. The summed E-state index contributed by atoms with van der Waals surface area (Å²) in [5.74, 6) is 0.132. The lowest BCUT2D eigenvalue weighted by Gasteiger charge is -2.19. The molecule has 2 aromatic heterocycles. The molecule has 112 valence electrons. The molecule has 1 saturated heterocycles. The molecule has 1 unspecified atom stereocenters. The number of hydrogen-bond acceptors (Lipinski definition) is 9. The van der Waals surface area contributed by atoms with Crippen LogP contribution in [0.4, 0.5) is 5.82 Å². The maximum Gasteiger partial charge on any atom is 0.353 e. The summed E-state index contributed by atoms with van der Waals surface area (Å²) >= 11 is 0. The summed E-state index contributed by atoms with van der Waals surface area (Å²) in [7, 11) is 1.38. The van der Waals surface area contributed by atoms with Gasteiger partial charge < -0.3 is 14.9 Å². The zero-order valence-corrected chi connectivity index (χ0v) is 10.9. The largest absolute Gasteiger partial charge is 0.387 e. The lowest BCUT2D eigenvalue weighted by Crippen LogP contribution is -2.39. The van der Waals surface area contributed by atoms with Crippen molar-refractivity contribution in [2.24, 2.45) is 0 Å². The smallest absolute Gasteiger partial charge is 0.353 e. The predicted octanol–water partition coefficient (Wildman–Crippen LogP) is -2.41. The lowest BCUT2D eigenvalue weighted by atomic mass is 10.1. The van der Waals surface area contributed by atoms with Crippen molar-refractivity contribution in [3.05, 3.63) is 10.5 Å². The molecular formula is C10H12N6O5. The first-order valence-electron chi connectivity index (χ1n) is 6.28. The highest BCUT2D eigenvalue weighted by Crippen LogP contribution is 2.34. The summed E-state index contributed by atoms with van der Waals surface area (Å²) in [5.41, 5.74) is 2.48. The summed E-state index contributed by atoms with van der Waals surface area (Å²) in [4.78, 5) is 20.8. The minimum atomic E-state index is -1.22. The van der Waals surface area contributed by atoms with Gasteiger partial charge in [0.1, 0.15) is 18.3 Å². The van der Waals surface area contributed by atoms with Crippen molar-refractivity contribution >= 4 is 17.0 Å². The Kier molecular flexibility index (Phi) is 2.53. The van der Waals surface area contributed by atoms with Gasteiger partial charge in [0.25, 0.3) is 0 Å². The van der Waals surface area contributed by atoms with E-state index in [-0.39, 0.29) is 12.4 Å². The fraction of sp³-hybridized carbons (Fsp3) is 0.600. The van der Waals surface area contributed by atoms with Crippen LogP contribution >= 0.6 is 0 Å². The number of anilines is 1. The highest BCUT2D eigenvalue weighted by Gasteiger charge is 2.47. The van der Waals surface area contributed by atoms with Gasteiger partial charge in [-0.3, -0.25) is 4.84 Å². The second-order valence-electron chi connectivity index (χ2n) is 4.91. The summed E-state index contributed by atoms with van der Waals surface area (Å²) in [6.07, 6.45) is -4.02. The topological polar surface area (TPSA) is 137 Å². The Hall–Kier alpha value is -2.08. The van der Waals surface area contributed by atoms with Crippen LogP contribution in [0.5, 0.6) is 0 Å². The van der Waals surface area contributed by atoms with Crippen LogP contribution in [-0.2, 0) is 16.1 Å². The molecule has 11 heteroatoms. The van der Waals surface area contributed by atoms with Crippen LogP contribution in [0.3, 0.4) is 0 Å². The number of aliphatic hydroxyl groups excluding tert-OH is 2. The van der Waals surface area contributed by atoms with Gasteiger partial charge in [-0.15, -0.1) is 5.10 Å². The number of aromatic nitrogens is 5. The molecule has 11 nitrogen and oxygen atoms in total. The number of nitrogens with one attached hydrogen (secondary N) is 1. The molecule has 0 aromatic carbocycles. The van der Waals surface area contributed by atoms with Crippen molar-refractivity contribution in [2.45, 2.75) is 31.1 Å². The number of hydrogen-bond donors (Lipinski definition) is 3. The van der Waals surface area contributed by atoms with E-state index in [4.69, 9.17) is 9.57 Å². The quantitative estimate of drug-likeness (QED) is 0.517. The molecule has 2 aromatic rings. The lowest BCUT2D eigenvalue weighted by molar-refractivity contribution is -0.0357. The summed E-state index contributed by atoms with van der Waals surface area (Å²) in [5, 5.41) is 27.9. The molecule has 0 spiro atoms. The Balaban J connectivity index is 2.03. The monoisotopic (exact) mass is 296 g/mol. The van der Waals surface area contributed by atoms with Crippen molar-refractivity contribution in [3.63, 3.8) is 0 Å². The van der Waals surface area contributed by atoms with Crippen LogP contribution in [0.1, 0.15) is 6.23 Å². The molecule has 21 heavy (non-hydrogen) atoms. The average Bonchev–Trinajstić information content (AvgIpc) is 2.91. The van der Waals surface area contributed by atoms with E-state index in [2.05, 4.69) is 20.8 Å². The third-order valence-corrected chi connectivity index (χ3v) is 3.72. The minimum Gasteiger partial charge on any atom is -0.387 e. The maximum absolute atomic E-state index is 12.3. The van der Waals surface area contributed by atoms with E-state index in [1.54, 1.807) is 0 Å². The molecule has 0 aliphatic carbocycles. The van der Waals surface area contributed by atoms with Crippen LogP contribution in [0, 0.1) is 0 Å². The number of fused-ring (bicyclic) bond motifs is 3.